The Kier molecular flexibility index (Phi) is 7.26. The maximum atomic E-state index is 11.4. The summed E-state index contributed by atoms with van der Waals surface area (Å²) < 4.78 is 30.7. The van der Waals surface area contributed by atoms with Crippen molar-refractivity contribution in [2.24, 2.45) is 0 Å². The molecule has 1 rings (SSSR count). The van der Waals surface area contributed by atoms with Crippen LogP contribution in [0, 0.1) is 6.92 Å². The summed E-state index contributed by atoms with van der Waals surface area (Å²) in [6, 6.07) is 0. The molecule has 0 saturated carbocycles. The average Bonchev–Trinajstić information content (AvgIpc) is 2.65. The minimum atomic E-state index is -2.61. The van der Waals surface area contributed by atoms with Gasteiger partial charge in [-0.1, -0.05) is 0 Å². The molecule has 0 aliphatic heterocycles. The Balaban J connectivity index is 0.00000289. The summed E-state index contributed by atoms with van der Waals surface area (Å²) in [6.45, 7) is 1.46. The monoisotopic (exact) mass is 300 g/mol. The van der Waals surface area contributed by atoms with Gasteiger partial charge >= 0.3 is 41.5 Å². The summed E-state index contributed by atoms with van der Waals surface area (Å²) in [6.07, 6.45) is 0. The Hall–Kier alpha value is -0.250. The van der Waals surface area contributed by atoms with E-state index in [0.717, 1.165) is 7.11 Å². The Morgan fingerprint density at radius 3 is 2.11 bits per heavy atom. The fourth-order valence-corrected chi connectivity index (χ4v) is 3.10. The van der Waals surface area contributed by atoms with Gasteiger partial charge < -0.3 is 14.0 Å². The van der Waals surface area contributed by atoms with Crippen LogP contribution in [-0.4, -0.2) is 34.9 Å². The zero-order chi connectivity index (χ0) is 13.2. The molecule has 0 aliphatic carbocycles. The molecule has 9 heteroatoms. The fraction of sp³-hybridized carbons (Fsp3) is 0.333. The van der Waals surface area contributed by atoms with Gasteiger partial charge in [0, 0.05) is 0 Å². The van der Waals surface area contributed by atoms with Crippen molar-refractivity contribution in [1.82, 2.24) is 0 Å². The van der Waals surface area contributed by atoms with Gasteiger partial charge in [-0.05, 0) is 23.6 Å². The van der Waals surface area contributed by atoms with E-state index in [-0.39, 0.29) is 49.8 Å². The number of esters is 2. The topological polar surface area (TPSA) is 92.7 Å². The third-order valence-electron chi connectivity index (χ3n) is 2.03. The summed E-state index contributed by atoms with van der Waals surface area (Å²) in [5.41, 5.74) is 0.124. The summed E-state index contributed by atoms with van der Waals surface area (Å²) in [5, 5.41) is 0. The van der Waals surface area contributed by atoms with Gasteiger partial charge in [-0.2, -0.15) is 0 Å². The van der Waals surface area contributed by atoms with Gasteiger partial charge in [-0.15, -0.1) is 11.3 Å². The first-order chi connectivity index (χ1) is 7.93. The van der Waals surface area contributed by atoms with E-state index in [2.05, 4.69) is 9.47 Å². The molecule has 0 amide bonds. The molecule has 1 aromatic heterocycles. The Bertz CT molecular complexity index is 495. The number of carbonyl (C=O) groups is 2. The minimum Gasteiger partial charge on any atom is -0.768 e. The third-order valence-corrected chi connectivity index (χ3v) is 4.26. The molecule has 1 atom stereocenters. The van der Waals surface area contributed by atoms with E-state index in [4.69, 9.17) is 0 Å². The molecule has 0 fully saturated rings. The Labute approximate surface area is 132 Å². The number of carbonyl (C=O) groups excluding carboxylic acids is 2. The van der Waals surface area contributed by atoms with Crippen LogP contribution >= 0.6 is 11.3 Å². The van der Waals surface area contributed by atoms with Gasteiger partial charge in [0.15, 0.2) is 0 Å². The van der Waals surface area contributed by atoms with E-state index in [9.17, 15) is 18.4 Å². The van der Waals surface area contributed by atoms with Crippen LogP contribution < -0.4 is 29.6 Å². The first kappa shape index (κ1) is 17.8. The van der Waals surface area contributed by atoms with Crippen molar-refractivity contribution in [3.63, 3.8) is 0 Å². The van der Waals surface area contributed by atoms with Gasteiger partial charge in [0.1, 0.15) is 4.88 Å². The smallest absolute Gasteiger partial charge is 0.768 e. The second-order valence-electron chi connectivity index (χ2n) is 2.94. The Morgan fingerprint density at radius 1 is 1.22 bits per heavy atom. The van der Waals surface area contributed by atoms with E-state index in [1.807, 2.05) is 0 Å². The van der Waals surface area contributed by atoms with Gasteiger partial charge in [0.2, 0.25) is 0 Å². The van der Waals surface area contributed by atoms with Gasteiger partial charge in [0.25, 0.3) is 0 Å². The molecule has 6 nitrogen and oxygen atoms in total. The number of ether oxygens (including phenoxy) is 2. The van der Waals surface area contributed by atoms with E-state index in [1.165, 1.54) is 14.0 Å². The fourth-order valence-electron chi connectivity index (χ4n) is 1.23. The van der Waals surface area contributed by atoms with Crippen LogP contribution in [0.15, 0.2) is 4.21 Å². The van der Waals surface area contributed by atoms with Crippen LogP contribution in [0.5, 0.6) is 0 Å². The van der Waals surface area contributed by atoms with Crippen LogP contribution in [-0.2, 0) is 20.6 Å². The quantitative estimate of drug-likeness (QED) is 0.360. The number of rotatable bonds is 3. The maximum Gasteiger partial charge on any atom is 1.00 e. The molecule has 1 unspecified atom stereocenters. The summed E-state index contributed by atoms with van der Waals surface area (Å²) >= 11 is -1.93. The molecule has 0 saturated heterocycles. The molecule has 0 spiro atoms. The van der Waals surface area contributed by atoms with E-state index < -0.39 is 23.0 Å². The second kappa shape index (κ2) is 7.37. The van der Waals surface area contributed by atoms with Crippen LogP contribution in [0.1, 0.15) is 25.6 Å². The standard InChI is InChI=1S/C9H10O6S2.Na/c1-4-5(7(10)14-2)9(17(12)13)16-6(4)8(11)15-3;/h1-3H3,(H,12,13);/q;+1/p-1. The first-order valence-electron chi connectivity index (χ1n) is 4.33. The SMILES string of the molecule is COC(=O)c1sc(S(=O)[O-])c(C(=O)OC)c1C.[Na+]. The summed E-state index contributed by atoms with van der Waals surface area (Å²) in [5.74, 6) is -1.48. The molecule has 0 aromatic carbocycles. The minimum absolute atomic E-state index is 0. The zero-order valence-electron chi connectivity index (χ0n) is 10.3. The molecule has 0 bridgehead atoms. The molecular weight excluding hydrogens is 291 g/mol. The summed E-state index contributed by atoms with van der Waals surface area (Å²) in [7, 11) is 2.31. The Morgan fingerprint density at radius 2 is 1.72 bits per heavy atom. The van der Waals surface area contributed by atoms with E-state index in [1.54, 1.807) is 0 Å². The van der Waals surface area contributed by atoms with Crippen molar-refractivity contribution in [2.45, 2.75) is 11.1 Å². The van der Waals surface area contributed by atoms with Crippen molar-refractivity contribution < 1.29 is 57.4 Å². The predicted octanol–water partition coefficient (Wildman–Crippen LogP) is -2.13. The number of thiophene rings is 1. The van der Waals surface area contributed by atoms with Gasteiger partial charge in [-0.25, -0.2) is 9.59 Å². The van der Waals surface area contributed by atoms with E-state index >= 15 is 0 Å². The van der Waals surface area contributed by atoms with Gasteiger partial charge in [0.05, 0.1) is 24.0 Å². The molecule has 94 valence electrons. The molecular formula is C9H9NaO6S2. The summed E-state index contributed by atoms with van der Waals surface area (Å²) in [4.78, 5) is 22.9. The van der Waals surface area contributed by atoms with Crippen LogP contribution in [0.2, 0.25) is 0 Å². The molecule has 1 aromatic rings. The molecule has 0 radical (unpaired) electrons. The first-order valence-corrected chi connectivity index (χ1v) is 6.22. The van der Waals surface area contributed by atoms with Crippen LogP contribution in [0.25, 0.3) is 0 Å². The molecule has 18 heavy (non-hydrogen) atoms. The van der Waals surface area contributed by atoms with Crippen molar-refractivity contribution >= 4 is 34.4 Å². The largest absolute Gasteiger partial charge is 1.00 e. The second-order valence-corrected chi connectivity index (χ2v) is 5.09. The maximum absolute atomic E-state index is 11.4. The predicted molar refractivity (Wildman–Crippen MR) is 58.9 cm³/mol. The van der Waals surface area contributed by atoms with E-state index in [0.29, 0.717) is 11.3 Å². The van der Waals surface area contributed by atoms with Crippen LogP contribution in [0.3, 0.4) is 0 Å². The number of methoxy groups -OCH3 is 2. The molecule has 1 heterocycles. The average molecular weight is 300 g/mol. The van der Waals surface area contributed by atoms with Crippen molar-refractivity contribution in [1.29, 1.82) is 0 Å². The molecule has 0 N–H and O–H groups in total. The van der Waals surface area contributed by atoms with Crippen molar-refractivity contribution in [3.05, 3.63) is 16.0 Å². The van der Waals surface area contributed by atoms with Crippen molar-refractivity contribution in [3.8, 4) is 0 Å². The molecule has 0 aliphatic rings. The zero-order valence-corrected chi connectivity index (χ0v) is 13.9. The third kappa shape index (κ3) is 3.40. The normalized spacial score (nSPS) is 11.3. The number of hydrogen-bond acceptors (Lipinski definition) is 7. The number of hydrogen-bond donors (Lipinski definition) is 0. The van der Waals surface area contributed by atoms with Crippen LogP contribution in [0.4, 0.5) is 0 Å². The van der Waals surface area contributed by atoms with Gasteiger partial charge in [-0.3, -0.25) is 4.21 Å². The van der Waals surface area contributed by atoms with Crippen molar-refractivity contribution in [2.75, 3.05) is 14.2 Å².